The summed E-state index contributed by atoms with van der Waals surface area (Å²) in [6.45, 7) is 1.64. The Labute approximate surface area is 173 Å². The molecule has 156 valence electrons. The van der Waals surface area contributed by atoms with Crippen LogP contribution < -0.4 is 9.04 Å². The van der Waals surface area contributed by atoms with Gasteiger partial charge in [0.1, 0.15) is 17.5 Å². The van der Waals surface area contributed by atoms with Crippen molar-refractivity contribution < 1.29 is 17.9 Å². The molecule has 0 aromatic heterocycles. The molecule has 29 heavy (non-hydrogen) atoms. The van der Waals surface area contributed by atoms with Crippen molar-refractivity contribution in [1.29, 1.82) is 0 Å². The molecule has 2 aromatic rings. The molecule has 1 amide bonds. The zero-order valence-electron chi connectivity index (χ0n) is 17.1. The van der Waals surface area contributed by atoms with Crippen LogP contribution in [0.2, 0.25) is 0 Å². The molecule has 0 saturated heterocycles. The van der Waals surface area contributed by atoms with Gasteiger partial charge in [-0.05, 0) is 56.2 Å². The number of likely N-dealkylation sites (N-methyl/N-ethyl adjacent to an activating group) is 1. The Bertz CT molecular complexity index is 923. The topological polar surface area (TPSA) is 66.9 Å². The zero-order valence-corrected chi connectivity index (χ0v) is 17.9. The van der Waals surface area contributed by atoms with Gasteiger partial charge in [0.2, 0.25) is 15.9 Å². The van der Waals surface area contributed by atoms with E-state index in [4.69, 9.17) is 4.74 Å². The minimum Gasteiger partial charge on any atom is -0.457 e. The minimum absolute atomic E-state index is 0.188. The highest BCUT2D eigenvalue weighted by molar-refractivity contribution is 7.92. The van der Waals surface area contributed by atoms with E-state index >= 15 is 0 Å². The number of para-hydroxylation sites is 1. The molecule has 6 nitrogen and oxygen atoms in total. The van der Waals surface area contributed by atoms with Gasteiger partial charge in [-0.15, -0.1) is 0 Å². The number of ether oxygens (including phenoxy) is 1. The first-order valence-electron chi connectivity index (χ1n) is 9.86. The highest BCUT2D eigenvalue weighted by Gasteiger charge is 2.33. The van der Waals surface area contributed by atoms with Gasteiger partial charge in [0.05, 0.1) is 11.9 Å². The maximum Gasteiger partial charge on any atom is 0.246 e. The van der Waals surface area contributed by atoms with Crippen molar-refractivity contribution in [3.63, 3.8) is 0 Å². The zero-order chi connectivity index (χ0) is 21.0. The molecule has 0 unspecified atom stereocenters. The number of rotatable bonds is 7. The summed E-state index contributed by atoms with van der Waals surface area (Å²) in [7, 11) is -1.88. The van der Waals surface area contributed by atoms with Gasteiger partial charge in [-0.25, -0.2) is 8.42 Å². The third kappa shape index (κ3) is 5.09. The average Bonchev–Trinajstić information content (AvgIpc) is 3.23. The van der Waals surface area contributed by atoms with E-state index in [9.17, 15) is 13.2 Å². The smallest absolute Gasteiger partial charge is 0.246 e. The number of nitrogens with zero attached hydrogens (tertiary/aromatic N) is 2. The largest absolute Gasteiger partial charge is 0.457 e. The predicted molar refractivity (Wildman–Crippen MR) is 115 cm³/mol. The van der Waals surface area contributed by atoms with Crippen LogP contribution in [0.15, 0.2) is 54.6 Å². The third-order valence-electron chi connectivity index (χ3n) is 5.36. The van der Waals surface area contributed by atoms with Crippen LogP contribution in [0.25, 0.3) is 0 Å². The Morgan fingerprint density at radius 3 is 2.10 bits per heavy atom. The second-order valence-corrected chi connectivity index (χ2v) is 9.39. The lowest BCUT2D eigenvalue weighted by atomic mass is 10.2. The van der Waals surface area contributed by atoms with Crippen molar-refractivity contribution in [3.8, 4) is 11.5 Å². The van der Waals surface area contributed by atoms with Crippen LogP contribution in [0.3, 0.4) is 0 Å². The first-order chi connectivity index (χ1) is 13.8. The molecule has 3 rings (SSSR count). The summed E-state index contributed by atoms with van der Waals surface area (Å²) in [4.78, 5) is 14.7. The third-order valence-corrected chi connectivity index (χ3v) is 6.60. The van der Waals surface area contributed by atoms with E-state index in [1.807, 2.05) is 30.3 Å². The predicted octanol–water partition coefficient (Wildman–Crippen LogP) is 4.03. The van der Waals surface area contributed by atoms with Crippen molar-refractivity contribution in [3.05, 3.63) is 54.6 Å². The summed E-state index contributed by atoms with van der Waals surface area (Å²) in [6.07, 6.45) is 5.28. The number of amides is 1. The number of anilines is 1. The monoisotopic (exact) mass is 416 g/mol. The first-order valence-corrected chi connectivity index (χ1v) is 11.7. The summed E-state index contributed by atoms with van der Waals surface area (Å²) in [6, 6.07) is 15.5. The Balaban J connectivity index is 1.80. The second kappa shape index (κ2) is 8.86. The molecule has 0 spiro atoms. The second-order valence-electron chi connectivity index (χ2n) is 7.53. The normalized spacial score (nSPS) is 15.7. The van der Waals surface area contributed by atoms with Crippen molar-refractivity contribution in [2.24, 2.45) is 0 Å². The Morgan fingerprint density at radius 2 is 1.55 bits per heavy atom. The number of carbonyl (C=O) groups excluding carboxylic acids is 1. The summed E-state index contributed by atoms with van der Waals surface area (Å²) in [5.41, 5.74) is 0.439. The lowest BCUT2D eigenvalue weighted by Gasteiger charge is -2.33. The molecule has 0 bridgehead atoms. The van der Waals surface area contributed by atoms with Crippen LogP contribution in [-0.2, 0) is 14.8 Å². The Morgan fingerprint density at radius 1 is 1.00 bits per heavy atom. The summed E-state index contributed by atoms with van der Waals surface area (Å²) in [5.74, 6) is 1.10. The average molecular weight is 417 g/mol. The van der Waals surface area contributed by atoms with Gasteiger partial charge in [0.15, 0.2) is 0 Å². The van der Waals surface area contributed by atoms with E-state index in [2.05, 4.69) is 0 Å². The lowest BCUT2D eigenvalue weighted by Crippen LogP contribution is -2.50. The molecule has 1 aliphatic rings. The number of hydrogen-bond acceptors (Lipinski definition) is 4. The minimum atomic E-state index is -3.65. The number of carbonyl (C=O) groups is 1. The van der Waals surface area contributed by atoms with Crippen molar-refractivity contribution in [2.45, 2.75) is 44.7 Å². The van der Waals surface area contributed by atoms with Crippen molar-refractivity contribution >= 4 is 21.6 Å². The van der Waals surface area contributed by atoms with Gasteiger partial charge in [-0.3, -0.25) is 9.10 Å². The molecule has 1 saturated carbocycles. The number of hydrogen-bond donors (Lipinski definition) is 0. The first kappa shape index (κ1) is 21.2. The van der Waals surface area contributed by atoms with E-state index in [0.29, 0.717) is 17.2 Å². The Hall–Kier alpha value is -2.54. The molecule has 7 heteroatoms. The molecular weight excluding hydrogens is 388 g/mol. The van der Waals surface area contributed by atoms with Gasteiger partial charge in [0.25, 0.3) is 0 Å². The van der Waals surface area contributed by atoms with E-state index in [0.717, 1.165) is 31.9 Å². The molecule has 2 aromatic carbocycles. The molecule has 0 heterocycles. The fraction of sp³-hybridized carbons (Fsp3) is 0.409. The molecule has 1 aliphatic carbocycles. The van der Waals surface area contributed by atoms with Crippen LogP contribution in [0, 0.1) is 0 Å². The van der Waals surface area contributed by atoms with Crippen molar-refractivity contribution in [1.82, 2.24) is 4.90 Å². The highest BCUT2D eigenvalue weighted by atomic mass is 32.2. The summed E-state index contributed by atoms with van der Waals surface area (Å²) >= 11 is 0. The van der Waals surface area contributed by atoms with Crippen LogP contribution >= 0.6 is 0 Å². The summed E-state index contributed by atoms with van der Waals surface area (Å²) < 4.78 is 32.0. The van der Waals surface area contributed by atoms with Crippen LogP contribution in [0.1, 0.15) is 32.6 Å². The van der Waals surface area contributed by atoms with Gasteiger partial charge >= 0.3 is 0 Å². The molecule has 0 radical (unpaired) electrons. The summed E-state index contributed by atoms with van der Waals surface area (Å²) in [5, 5.41) is 0. The highest BCUT2D eigenvalue weighted by Crippen LogP contribution is 2.28. The molecule has 0 aliphatic heterocycles. The SMILES string of the molecule is C[C@@H](C(=O)N(C)C1CCCC1)N(c1ccc(Oc2ccccc2)cc1)S(C)(=O)=O. The molecule has 1 fully saturated rings. The van der Waals surface area contributed by atoms with Gasteiger partial charge in [0, 0.05) is 13.1 Å². The standard InChI is InChI=1S/C22H28N2O4S/c1-17(22(25)23(2)18-9-7-8-10-18)24(29(3,26)27)19-13-15-21(16-14-19)28-20-11-5-4-6-12-20/h4-6,11-18H,7-10H2,1-3H3/t17-/m0/s1. The van der Waals surface area contributed by atoms with Gasteiger partial charge in [-0.2, -0.15) is 0 Å². The maximum atomic E-state index is 13.0. The fourth-order valence-electron chi connectivity index (χ4n) is 3.85. The van der Waals surface area contributed by atoms with E-state index in [-0.39, 0.29) is 11.9 Å². The van der Waals surface area contributed by atoms with Crippen LogP contribution in [0.4, 0.5) is 5.69 Å². The van der Waals surface area contributed by atoms with Gasteiger partial charge in [-0.1, -0.05) is 31.0 Å². The quantitative estimate of drug-likeness (QED) is 0.683. The molecular formula is C22H28N2O4S. The number of benzene rings is 2. The van der Waals surface area contributed by atoms with E-state index < -0.39 is 16.1 Å². The lowest BCUT2D eigenvalue weighted by molar-refractivity contribution is -0.132. The van der Waals surface area contributed by atoms with Crippen molar-refractivity contribution in [2.75, 3.05) is 17.6 Å². The van der Waals surface area contributed by atoms with Crippen LogP contribution in [0.5, 0.6) is 11.5 Å². The Kier molecular flexibility index (Phi) is 6.47. The molecule has 1 atom stereocenters. The number of sulfonamides is 1. The van der Waals surface area contributed by atoms with E-state index in [1.54, 1.807) is 43.1 Å². The van der Waals surface area contributed by atoms with Gasteiger partial charge < -0.3 is 9.64 Å². The van der Waals surface area contributed by atoms with Crippen LogP contribution in [-0.4, -0.2) is 44.6 Å². The molecule has 0 N–H and O–H groups in total. The van der Waals surface area contributed by atoms with E-state index in [1.165, 1.54) is 4.31 Å². The maximum absolute atomic E-state index is 13.0. The fourth-order valence-corrected chi connectivity index (χ4v) is 5.02.